The molecule has 35 heavy (non-hydrogen) atoms. The van der Waals surface area contributed by atoms with E-state index in [-0.39, 0.29) is 36.3 Å². The van der Waals surface area contributed by atoms with E-state index in [1.54, 1.807) is 25.1 Å². The van der Waals surface area contributed by atoms with E-state index in [0.29, 0.717) is 33.5 Å². The van der Waals surface area contributed by atoms with Gasteiger partial charge >= 0.3 is 5.82 Å². The molecule has 3 rings (SSSR count). The van der Waals surface area contributed by atoms with Gasteiger partial charge in [-0.3, -0.25) is 4.79 Å². The Morgan fingerprint density at radius 2 is 1.89 bits per heavy atom. The smallest absolute Gasteiger partial charge is 0.342 e. The van der Waals surface area contributed by atoms with Crippen molar-refractivity contribution >= 4 is 50.6 Å². The number of halogens is 2. The average Bonchev–Trinajstić information content (AvgIpc) is 3.16. The van der Waals surface area contributed by atoms with Gasteiger partial charge in [0.15, 0.2) is 5.82 Å². The highest BCUT2D eigenvalue weighted by molar-refractivity contribution is 7.89. The van der Waals surface area contributed by atoms with Crippen molar-refractivity contribution in [1.29, 1.82) is 0 Å². The van der Waals surface area contributed by atoms with E-state index in [9.17, 15) is 23.3 Å². The fourth-order valence-corrected chi connectivity index (χ4v) is 4.96. The first-order chi connectivity index (χ1) is 16.5. The van der Waals surface area contributed by atoms with Gasteiger partial charge in [-0.2, -0.15) is 0 Å². The lowest BCUT2D eigenvalue weighted by molar-refractivity contribution is -0.392. The molecule has 0 aliphatic heterocycles. The molecular weight excluding hydrogens is 517 g/mol. The summed E-state index contributed by atoms with van der Waals surface area (Å²) in [5.41, 5.74) is 1.20. The van der Waals surface area contributed by atoms with Crippen molar-refractivity contribution in [3.8, 4) is 0 Å². The minimum Gasteiger partial charge on any atom is -0.358 e. The zero-order chi connectivity index (χ0) is 25.8. The van der Waals surface area contributed by atoms with Crippen LogP contribution in [0.15, 0.2) is 53.6 Å². The fraction of sp³-hybridized carbons (Fsp3) is 0.273. The number of amides is 1. The Labute approximate surface area is 212 Å². The van der Waals surface area contributed by atoms with Crippen LogP contribution < -0.4 is 9.62 Å². The number of nitro groups is 1. The molecule has 1 amide bonds. The first-order valence-electron chi connectivity index (χ1n) is 10.5. The van der Waals surface area contributed by atoms with Gasteiger partial charge in [0, 0.05) is 36.1 Å². The molecule has 1 aromatic heterocycles. The van der Waals surface area contributed by atoms with Gasteiger partial charge in [0.05, 0.1) is 18.0 Å². The number of nitrogens with zero attached hydrogens (tertiary/aromatic N) is 4. The lowest BCUT2D eigenvalue weighted by atomic mass is 10.2. The van der Waals surface area contributed by atoms with Crippen LogP contribution in [0.1, 0.15) is 24.7 Å². The fourth-order valence-electron chi connectivity index (χ4n) is 3.42. The molecule has 0 bridgehead atoms. The van der Waals surface area contributed by atoms with Gasteiger partial charge in [0.2, 0.25) is 15.9 Å². The largest absolute Gasteiger partial charge is 0.358 e. The van der Waals surface area contributed by atoms with Gasteiger partial charge in [-0.1, -0.05) is 29.3 Å². The topological polar surface area (TPSA) is 127 Å². The Morgan fingerprint density at radius 3 is 2.49 bits per heavy atom. The lowest BCUT2D eigenvalue weighted by Gasteiger charge is -2.22. The maximum absolute atomic E-state index is 12.7. The number of sulfonamides is 1. The molecule has 0 spiro atoms. The first-order valence-corrected chi connectivity index (χ1v) is 12.7. The molecule has 0 saturated carbocycles. The summed E-state index contributed by atoms with van der Waals surface area (Å²) >= 11 is 12.2. The molecule has 0 fully saturated rings. The summed E-state index contributed by atoms with van der Waals surface area (Å²) in [7, 11) is -3.82. The average molecular weight is 540 g/mol. The molecule has 13 heteroatoms. The third kappa shape index (κ3) is 6.57. The zero-order valence-electron chi connectivity index (χ0n) is 18.9. The second-order valence-corrected chi connectivity index (χ2v) is 10.3. The van der Waals surface area contributed by atoms with Crippen LogP contribution in [0, 0.1) is 17.0 Å². The highest BCUT2D eigenvalue weighted by Crippen LogP contribution is 2.26. The van der Waals surface area contributed by atoms with E-state index in [0.717, 1.165) is 0 Å². The number of aryl methyl sites for hydroxylation is 1. The van der Waals surface area contributed by atoms with Crippen molar-refractivity contribution in [2.75, 3.05) is 11.4 Å². The quantitative estimate of drug-likeness (QED) is 0.232. The molecule has 186 valence electrons. The number of nitrogens with one attached hydrogen (secondary N) is 1. The van der Waals surface area contributed by atoms with Crippen LogP contribution in [0.5, 0.6) is 0 Å². The monoisotopic (exact) mass is 539 g/mol. The van der Waals surface area contributed by atoms with E-state index in [4.69, 9.17) is 23.2 Å². The van der Waals surface area contributed by atoms with Crippen molar-refractivity contribution in [3.05, 3.63) is 80.2 Å². The normalized spacial score (nSPS) is 11.4. The number of aromatic nitrogens is 2. The summed E-state index contributed by atoms with van der Waals surface area (Å²) in [6, 6.07) is 10.9. The van der Waals surface area contributed by atoms with E-state index >= 15 is 0 Å². The van der Waals surface area contributed by atoms with Crippen LogP contribution >= 0.6 is 23.2 Å². The molecule has 0 saturated heterocycles. The van der Waals surface area contributed by atoms with Crippen molar-refractivity contribution in [2.45, 2.75) is 38.3 Å². The summed E-state index contributed by atoms with van der Waals surface area (Å²) in [6.45, 7) is 3.56. The third-order valence-corrected chi connectivity index (χ3v) is 7.32. The Morgan fingerprint density at radius 1 is 1.20 bits per heavy atom. The number of carbonyl (C=O) groups is 1. The summed E-state index contributed by atoms with van der Waals surface area (Å²) < 4.78 is 29.2. The molecular formula is C22H23Cl2N5O5S. The van der Waals surface area contributed by atoms with Crippen LogP contribution in [0.25, 0.3) is 0 Å². The Hall–Kier alpha value is -2.99. The van der Waals surface area contributed by atoms with Crippen LogP contribution in [-0.4, -0.2) is 35.3 Å². The number of rotatable bonds is 10. The zero-order valence-corrected chi connectivity index (χ0v) is 21.3. The van der Waals surface area contributed by atoms with Crippen LogP contribution in [0.3, 0.4) is 0 Å². The van der Waals surface area contributed by atoms with E-state index in [1.165, 1.54) is 46.9 Å². The number of benzene rings is 2. The number of imidazole rings is 1. The summed E-state index contributed by atoms with van der Waals surface area (Å²) in [4.78, 5) is 28.2. The second-order valence-electron chi connectivity index (χ2n) is 7.66. The summed E-state index contributed by atoms with van der Waals surface area (Å²) in [6.07, 6.45) is 1.50. The van der Waals surface area contributed by atoms with Gasteiger partial charge in [0.25, 0.3) is 0 Å². The Balaban J connectivity index is 1.65. The van der Waals surface area contributed by atoms with Crippen molar-refractivity contribution in [1.82, 2.24) is 14.3 Å². The number of anilines is 1. The molecule has 0 aliphatic rings. The minimum atomic E-state index is -3.82. The third-order valence-electron chi connectivity index (χ3n) is 5.25. The van der Waals surface area contributed by atoms with Crippen molar-refractivity contribution < 1.29 is 18.1 Å². The van der Waals surface area contributed by atoms with E-state index < -0.39 is 14.9 Å². The molecule has 0 aliphatic carbocycles. The van der Waals surface area contributed by atoms with E-state index in [2.05, 4.69) is 9.71 Å². The molecule has 1 N–H and O–H groups in total. The van der Waals surface area contributed by atoms with Gasteiger partial charge in [-0.25, -0.2) is 22.7 Å². The summed E-state index contributed by atoms with van der Waals surface area (Å²) in [5, 5.41) is 12.0. The molecule has 1 heterocycles. The lowest BCUT2D eigenvalue weighted by Crippen LogP contribution is -2.28. The Kier molecular flexibility index (Phi) is 8.49. The minimum absolute atomic E-state index is 0.0269. The summed E-state index contributed by atoms with van der Waals surface area (Å²) in [5.74, 6) is 0.0922. The maximum Gasteiger partial charge on any atom is 0.342 e. The molecule has 0 radical (unpaired) electrons. The molecule has 3 aromatic rings. The maximum atomic E-state index is 12.7. The molecule has 0 unspecified atom stereocenters. The molecule has 10 nitrogen and oxygen atoms in total. The predicted octanol–water partition coefficient (Wildman–Crippen LogP) is 4.33. The second kappa shape index (κ2) is 11.2. The Bertz CT molecular complexity index is 1340. The molecule has 2 aromatic carbocycles. The van der Waals surface area contributed by atoms with Gasteiger partial charge in [-0.15, -0.1) is 0 Å². The standard InChI is InChI=1S/C22H23Cl2N5O5S/c1-15-25-13-22(29(31)32)27(15)11-3-10-26-35(33,34)20-8-6-19(7-9-20)28(16(2)30)14-17-4-5-18(23)12-21(17)24/h4-9,12-13,26H,3,10-11,14H2,1-2H3. The van der Waals surface area contributed by atoms with Crippen LogP contribution in [0.2, 0.25) is 10.0 Å². The molecule has 0 atom stereocenters. The SMILES string of the molecule is CC(=O)N(Cc1ccc(Cl)cc1Cl)c1ccc(S(=O)(=O)NCCCn2c([N+](=O)[O-])cnc2C)cc1. The van der Waals surface area contributed by atoms with E-state index in [1.807, 2.05) is 0 Å². The van der Waals surface area contributed by atoms with Gasteiger partial charge in [0.1, 0.15) is 6.20 Å². The number of hydrogen-bond donors (Lipinski definition) is 1. The highest BCUT2D eigenvalue weighted by Gasteiger charge is 2.19. The number of hydrogen-bond acceptors (Lipinski definition) is 6. The predicted molar refractivity (Wildman–Crippen MR) is 133 cm³/mol. The van der Waals surface area contributed by atoms with Crippen molar-refractivity contribution in [3.63, 3.8) is 0 Å². The first kappa shape index (κ1) is 26.6. The number of carbonyl (C=O) groups excluding carboxylic acids is 1. The van der Waals surface area contributed by atoms with Crippen LogP contribution in [-0.2, 0) is 27.9 Å². The van der Waals surface area contributed by atoms with Gasteiger partial charge in [-0.05, 0) is 53.3 Å². The van der Waals surface area contributed by atoms with Crippen molar-refractivity contribution in [2.24, 2.45) is 0 Å². The van der Waals surface area contributed by atoms with Crippen LogP contribution in [0.4, 0.5) is 11.5 Å². The van der Waals surface area contributed by atoms with Gasteiger partial charge < -0.3 is 15.0 Å². The highest BCUT2D eigenvalue weighted by atomic mass is 35.5.